The van der Waals surface area contributed by atoms with Crippen molar-refractivity contribution in [1.82, 2.24) is 4.98 Å². The number of carboxylic acid groups (broad SMARTS) is 1. The fourth-order valence-corrected chi connectivity index (χ4v) is 1.15. The maximum atomic E-state index is 10.9. The molecule has 0 saturated carbocycles. The first-order chi connectivity index (χ1) is 6.56. The molecule has 0 atom stereocenters. The van der Waals surface area contributed by atoms with E-state index in [9.17, 15) is 4.79 Å². The predicted molar refractivity (Wildman–Crippen MR) is 54.9 cm³/mol. The SMILES string of the molecule is CCN(C)c1nc(C)ccc1C(=O)O. The molecule has 0 fully saturated rings. The lowest BCUT2D eigenvalue weighted by Crippen LogP contribution is -2.20. The molecule has 0 bridgehead atoms. The average molecular weight is 194 g/mol. The molecule has 0 saturated heterocycles. The molecule has 1 heterocycles. The molecule has 0 aliphatic carbocycles. The van der Waals surface area contributed by atoms with E-state index in [1.165, 1.54) is 0 Å². The number of carboxylic acids is 1. The van der Waals surface area contributed by atoms with Crippen LogP contribution in [0.3, 0.4) is 0 Å². The van der Waals surface area contributed by atoms with Crippen LogP contribution < -0.4 is 4.90 Å². The van der Waals surface area contributed by atoms with Crippen LogP contribution in [0, 0.1) is 6.92 Å². The second-order valence-electron chi connectivity index (χ2n) is 3.14. The van der Waals surface area contributed by atoms with Crippen LogP contribution in [0.5, 0.6) is 0 Å². The number of carbonyl (C=O) groups is 1. The van der Waals surface area contributed by atoms with Gasteiger partial charge in [0, 0.05) is 19.3 Å². The summed E-state index contributed by atoms with van der Waals surface area (Å²) in [6.45, 7) is 4.53. The first-order valence-electron chi connectivity index (χ1n) is 4.48. The van der Waals surface area contributed by atoms with E-state index in [1.807, 2.05) is 25.8 Å². The summed E-state index contributed by atoms with van der Waals surface area (Å²) in [5.74, 6) is -0.409. The van der Waals surface area contributed by atoms with Crippen LogP contribution in [0.2, 0.25) is 0 Å². The molecule has 0 aromatic carbocycles. The second-order valence-corrected chi connectivity index (χ2v) is 3.14. The number of aromatic carboxylic acids is 1. The lowest BCUT2D eigenvalue weighted by Gasteiger charge is -2.17. The van der Waals surface area contributed by atoms with Gasteiger partial charge in [-0.05, 0) is 26.0 Å². The molecular weight excluding hydrogens is 180 g/mol. The number of aryl methyl sites for hydroxylation is 1. The van der Waals surface area contributed by atoms with Gasteiger partial charge in [0.15, 0.2) is 0 Å². The van der Waals surface area contributed by atoms with E-state index in [0.29, 0.717) is 5.82 Å². The summed E-state index contributed by atoms with van der Waals surface area (Å²) >= 11 is 0. The lowest BCUT2D eigenvalue weighted by molar-refractivity contribution is 0.0697. The van der Waals surface area contributed by atoms with Gasteiger partial charge >= 0.3 is 5.97 Å². The molecule has 0 amide bonds. The zero-order valence-electron chi connectivity index (χ0n) is 8.61. The summed E-state index contributed by atoms with van der Waals surface area (Å²) in [4.78, 5) is 16.9. The highest BCUT2D eigenvalue weighted by molar-refractivity contribution is 5.93. The van der Waals surface area contributed by atoms with Crippen LogP contribution in [-0.2, 0) is 0 Å². The minimum atomic E-state index is -0.937. The highest BCUT2D eigenvalue weighted by Gasteiger charge is 2.13. The van der Waals surface area contributed by atoms with Gasteiger partial charge in [0.2, 0.25) is 0 Å². The number of hydrogen-bond acceptors (Lipinski definition) is 3. The van der Waals surface area contributed by atoms with Crippen molar-refractivity contribution in [2.75, 3.05) is 18.5 Å². The van der Waals surface area contributed by atoms with Gasteiger partial charge < -0.3 is 10.0 Å². The van der Waals surface area contributed by atoms with E-state index in [-0.39, 0.29) is 5.56 Å². The van der Waals surface area contributed by atoms with E-state index in [1.54, 1.807) is 12.1 Å². The number of anilines is 1. The van der Waals surface area contributed by atoms with E-state index >= 15 is 0 Å². The third-order valence-corrected chi connectivity index (χ3v) is 2.08. The van der Waals surface area contributed by atoms with E-state index in [0.717, 1.165) is 12.2 Å². The second kappa shape index (κ2) is 4.09. The normalized spacial score (nSPS) is 9.93. The number of rotatable bonds is 3. The maximum absolute atomic E-state index is 10.9. The Bertz CT molecular complexity index is 350. The Labute approximate surface area is 83.2 Å². The zero-order chi connectivity index (χ0) is 10.7. The fraction of sp³-hybridized carbons (Fsp3) is 0.400. The van der Waals surface area contributed by atoms with E-state index in [4.69, 9.17) is 5.11 Å². The van der Waals surface area contributed by atoms with Crippen molar-refractivity contribution in [3.8, 4) is 0 Å². The molecule has 14 heavy (non-hydrogen) atoms. The maximum Gasteiger partial charge on any atom is 0.339 e. The molecule has 0 unspecified atom stereocenters. The average Bonchev–Trinajstić information content (AvgIpc) is 2.16. The van der Waals surface area contributed by atoms with Crippen LogP contribution in [0.1, 0.15) is 23.0 Å². The van der Waals surface area contributed by atoms with Gasteiger partial charge in [0.25, 0.3) is 0 Å². The Morgan fingerprint density at radius 3 is 2.71 bits per heavy atom. The largest absolute Gasteiger partial charge is 0.478 e. The van der Waals surface area contributed by atoms with Gasteiger partial charge in [0.1, 0.15) is 11.4 Å². The number of hydrogen-bond donors (Lipinski definition) is 1. The third kappa shape index (κ3) is 2.02. The van der Waals surface area contributed by atoms with Crippen molar-refractivity contribution in [3.63, 3.8) is 0 Å². The minimum absolute atomic E-state index is 0.250. The molecule has 0 spiro atoms. The van der Waals surface area contributed by atoms with Gasteiger partial charge in [0.05, 0.1) is 0 Å². The van der Waals surface area contributed by atoms with Gasteiger partial charge in [-0.1, -0.05) is 0 Å². The summed E-state index contributed by atoms with van der Waals surface area (Å²) in [6, 6.07) is 3.29. The number of aromatic nitrogens is 1. The zero-order valence-corrected chi connectivity index (χ0v) is 8.61. The van der Waals surface area contributed by atoms with E-state index in [2.05, 4.69) is 4.98 Å². The quantitative estimate of drug-likeness (QED) is 0.793. The summed E-state index contributed by atoms with van der Waals surface area (Å²) in [6.07, 6.45) is 0. The lowest BCUT2D eigenvalue weighted by atomic mass is 10.2. The van der Waals surface area contributed by atoms with Gasteiger partial charge in [-0.15, -0.1) is 0 Å². The Kier molecular flexibility index (Phi) is 3.06. The smallest absolute Gasteiger partial charge is 0.339 e. The van der Waals surface area contributed by atoms with Crippen LogP contribution >= 0.6 is 0 Å². The molecule has 76 valence electrons. The highest BCUT2D eigenvalue weighted by atomic mass is 16.4. The van der Waals surface area contributed by atoms with Crippen LogP contribution in [0.4, 0.5) is 5.82 Å². The third-order valence-electron chi connectivity index (χ3n) is 2.08. The first-order valence-corrected chi connectivity index (χ1v) is 4.48. The van der Waals surface area contributed by atoms with Crippen molar-refractivity contribution in [3.05, 3.63) is 23.4 Å². The van der Waals surface area contributed by atoms with Crippen molar-refractivity contribution in [1.29, 1.82) is 0 Å². The predicted octanol–water partition coefficient (Wildman–Crippen LogP) is 1.54. The summed E-state index contributed by atoms with van der Waals surface area (Å²) in [7, 11) is 1.83. The molecular formula is C10H14N2O2. The number of pyridine rings is 1. The Balaban J connectivity index is 3.22. The Hall–Kier alpha value is -1.58. The Morgan fingerprint density at radius 2 is 2.21 bits per heavy atom. The van der Waals surface area contributed by atoms with Gasteiger partial charge in [-0.25, -0.2) is 9.78 Å². The van der Waals surface area contributed by atoms with Crippen molar-refractivity contribution in [2.24, 2.45) is 0 Å². The molecule has 4 nitrogen and oxygen atoms in total. The van der Waals surface area contributed by atoms with Crippen LogP contribution in [-0.4, -0.2) is 29.7 Å². The molecule has 0 aliphatic rings. The molecule has 0 aliphatic heterocycles. The van der Waals surface area contributed by atoms with Crippen molar-refractivity contribution >= 4 is 11.8 Å². The summed E-state index contributed by atoms with van der Waals surface area (Å²) in [5, 5.41) is 8.93. The van der Waals surface area contributed by atoms with Crippen molar-refractivity contribution < 1.29 is 9.90 Å². The minimum Gasteiger partial charge on any atom is -0.478 e. The van der Waals surface area contributed by atoms with Crippen LogP contribution in [0.15, 0.2) is 12.1 Å². The summed E-state index contributed by atoms with van der Waals surface area (Å²) in [5.41, 5.74) is 1.07. The topological polar surface area (TPSA) is 53.4 Å². The molecule has 1 rings (SSSR count). The first kappa shape index (κ1) is 10.5. The van der Waals surface area contributed by atoms with Crippen LogP contribution in [0.25, 0.3) is 0 Å². The monoisotopic (exact) mass is 194 g/mol. The van der Waals surface area contributed by atoms with Gasteiger partial charge in [-0.2, -0.15) is 0 Å². The molecule has 1 aromatic rings. The summed E-state index contributed by atoms with van der Waals surface area (Å²) < 4.78 is 0. The number of nitrogens with zero attached hydrogens (tertiary/aromatic N) is 2. The van der Waals surface area contributed by atoms with E-state index < -0.39 is 5.97 Å². The fourth-order valence-electron chi connectivity index (χ4n) is 1.15. The van der Waals surface area contributed by atoms with Crippen molar-refractivity contribution in [2.45, 2.75) is 13.8 Å². The van der Waals surface area contributed by atoms with Gasteiger partial charge in [-0.3, -0.25) is 0 Å². The molecule has 4 heteroatoms. The highest BCUT2D eigenvalue weighted by Crippen LogP contribution is 2.16. The molecule has 0 radical (unpaired) electrons. The molecule has 1 N–H and O–H groups in total. The molecule has 1 aromatic heterocycles. The Morgan fingerprint density at radius 1 is 1.57 bits per heavy atom. The standard InChI is InChI=1S/C10H14N2O2/c1-4-12(3)9-8(10(13)14)6-5-7(2)11-9/h5-6H,4H2,1-3H3,(H,13,14).